The molecular weight excluding hydrogens is 396 g/mol. The molecule has 5 rings (SSSR count). The van der Waals surface area contributed by atoms with Crippen LogP contribution < -0.4 is 10.6 Å². The van der Waals surface area contributed by atoms with Crippen molar-refractivity contribution in [1.82, 2.24) is 15.3 Å². The second-order valence-corrected chi connectivity index (χ2v) is 8.32. The molecule has 2 atom stereocenters. The smallest absolute Gasteiger partial charge is 0.230 e. The summed E-state index contributed by atoms with van der Waals surface area (Å²) in [7, 11) is 0. The zero-order chi connectivity index (χ0) is 21.7. The summed E-state index contributed by atoms with van der Waals surface area (Å²) in [5.74, 6) is -0.676. The number of hydrogen-bond acceptors (Lipinski definition) is 6. The number of phenols is 1. The Morgan fingerprint density at radius 3 is 2.81 bits per heavy atom. The maximum Gasteiger partial charge on any atom is 0.230 e. The summed E-state index contributed by atoms with van der Waals surface area (Å²) in [4.78, 5) is 44.1. The number of carbonyl (C=O) groups excluding carboxylic acids is 3. The van der Waals surface area contributed by atoms with Crippen LogP contribution in [0.25, 0.3) is 11.0 Å². The molecule has 2 aromatic carbocycles. The first-order valence-electron chi connectivity index (χ1n) is 10.3. The first-order chi connectivity index (χ1) is 14.9. The van der Waals surface area contributed by atoms with E-state index in [0.717, 1.165) is 22.2 Å². The van der Waals surface area contributed by atoms with Gasteiger partial charge in [0.2, 0.25) is 17.8 Å². The molecular formula is C23H22N4O4. The van der Waals surface area contributed by atoms with Crippen LogP contribution in [0.15, 0.2) is 30.3 Å². The topological polar surface area (TPSA) is 124 Å². The van der Waals surface area contributed by atoms with Gasteiger partial charge in [0, 0.05) is 36.4 Å². The van der Waals surface area contributed by atoms with Gasteiger partial charge in [-0.1, -0.05) is 18.2 Å². The lowest BCUT2D eigenvalue weighted by molar-refractivity contribution is -0.137. The number of aromatic nitrogens is 2. The predicted octanol–water partition coefficient (Wildman–Crippen LogP) is 2.60. The monoisotopic (exact) mass is 418 g/mol. The number of amides is 2. The van der Waals surface area contributed by atoms with Crippen LogP contribution in [-0.2, 0) is 22.6 Å². The van der Waals surface area contributed by atoms with Crippen LogP contribution in [0.4, 0.5) is 5.95 Å². The average molecular weight is 418 g/mol. The Kier molecular flexibility index (Phi) is 4.50. The minimum atomic E-state index is -0.449. The van der Waals surface area contributed by atoms with Crippen LogP contribution in [0, 0.1) is 18.8 Å². The van der Waals surface area contributed by atoms with Crippen molar-refractivity contribution in [2.45, 2.75) is 32.7 Å². The number of H-pyrrole nitrogens is 1. The second-order valence-electron chi connectivity index (χ2n) is 8.32. The van der Waals surface area contributed by atoms with Gasteiger partial charge < -0.3 is 15.4 Å². The first kappa shape index (κ1) is 19.3. The number of nitrogens with one attached hydrogen (secondary N) is 3. The number of phenolic OH excluding ortho intramolecular Hbond substituents is 1. The number of ketones is 1. The van der Waals surface area contributed by atoms with Gasteiger partial charge in [-0.3, -0.25) is 19.7 Å². The van der Waals surface area contributed by atoms with Crippen molar-refractivity contribution < 1.29 is 19.5 Å². The third-order valence-corrected chi connectivity index (χ3v) is 6.24. The fourth-order valence-corrected chi connectivity index (χ4v) is 4.54. The van der Waals surface area contributed by atoms with Gasteiger partial charge in [-0.2, -0.15) is 0 Å². The zero-order valence-corrected chi connectivity index (χ0v) is 17.0. The fraction of sp³-hybridized carbons (Fsp3) is 0.304. The van der Waals surface area contributed by atoms with E-state index in [-0.39, 0.29) is 29.8 Å². The molecule has 1 aliphatic carbocycles. The molecule has 1 saturated heterocycles. The highest BCUT2D eigenvalue weighted by Gasteiger charge is 2.41. The molecule has 158 valence electrons. The van der Waals surface area contributed by atoms with Crippen molar-refractivity contribution in [2.75, 3.05) is 5.32 Å². The molecule has 2 aliphatic rings. The molecule has 0 spiro atoms. The van der Waals surface area contributed by atoms with Gasteiger partial charge in [0.15, 0.2) is 5.78 Å². The zero-order valence-electron chi connectivity index (χ0n) is 17.0. The number of Topliss-reactive ketones (excluding diaryl/α,β-unsaturated/α-hetero) is 1. The minimum absolute atomic E-state index is 0.0172. The molecule has 8 nitrogen and oxygen atoms in total. The number of rotatable bonds is 4. The maximum atomic E-state index is 12.9. The van der Waals surface area contributed by atoms with Gasteiger partial charge >= 0.3 is 0 Å². The summed E-state index contributed by atoms with van der Waals surface area (Å²) in [5.41, 5.74) is 4.88. The fourth-order valence-electron chi connectivity index (χ4n) is 4.54. The second kappa shape index (κ2) is 7.23. The molecule has 1 aromatic heterocycles. The summed E-state index contributed by atoms with van der Waals surface area (Å²) < 4.78 is 0. The first-order valence-corrected chi connectivity index (χ1v) is 10.3. The van der Waals surface area contributed by atoms with Gasteiger partial charge in [-0.25, -0.2) is 4.98 Å². The summed E-state index contributed by atoms with van der Waals surface area (Å²) in [6, 6.07) is 9.18. The Bertz CT molecular complexity index is 1210. The lowest BCUT2D eigenvalue weighted by Crippen LogP contribution is -2.44. The van der Waals surface area contributed by atoms with Gasteiger partial charge in [0.1, 0.15) is 5.75 Å². The highest BCUT2D eigenvalue weighted by molar-refractivity contribution is 6.07. The largest absolute Gasteiger partial charge is 0.508 e. The van der Waals surface area contributed by atoms with Crippen molar-refractivity contribution in [2.24, 2.45) is 11.8 Å². The Hall–Kier alpha value is -3.68. The van der Waals surface area contributed by atoms with E-state index in [9.17, 15) is 19.5 Å². The van der Waals surface area contributed by atoms with E-state index in [2.05, 4.69) is 20.6 Å². The SMILES string of the molecule is Cc1cc2[nH]c(NCc3ccc4c(c3)CC(C3CCC(=O)NC3=O)C4=O)nc2cc1O. The van der Waals surface area contributed by atoms with Crippen LogP contribution >= 0.6 is 0 Å². The number of carbonyl (C=O) groups is 3. The van der Waals surface area contributed by atoms with E-state index < -0.39 is 11.8 Å². The van der Waals surface area contributed by atoms with E-state index in [0.29, 0.717) is 36.4 Å². The Morgan fingerprint density at radius 2 is 2.00 bits per heavy atom. The number of nitrogens with zero attached hydrogens (tertiary/aromatic N) is 1. The van der Waals surface area contributed by atoms with Crippen LogP contribution in [-0.4, -0.2) is 32.7 Å². The number of aromatic hydroxyl groups is 1. The van der Waals surface area contributed by atoms with E-state index in [1.54, 1.807) is 6.07 Å². The van der Waals surface area contributed by atoms with Crippen molar-refractivity contribution in [1.29, 1.82) is 0 Å². The number of hydrogen-bond donors (Lipinski definition) is 4. The van der Waals surface area contributed by atoms with Crippen LogP contribution in [0.1, 0.15) is 39.9 Å². The quantitative estimate of drug-likeness (QED) is 0.483. The van der Waals surface area contributed by atoms with Gasteiger partial charge in [0.25, 0.3) is 0 Å². The van der Waals surface area contributed by atoms with Crippen LogP contribution in [0.5, 0.6) is 5.75 Å². The lowest BCUT2D eigenvalue weighted by Gasteiger charge is -2.24. The number of imidazole rings is 1. The summed E-state index contributed by atoms with van der Waals surface area (Å²) in [6.45, 7) is 2.34. The highest BCUT2D eigenvalue weighted by Crippen LogP contribution is 2.35. The van der Waals surface area contributed by atoms with E-state index in [4.69, 9.17) is 0 Å². The number of fused-ring (bicyclic) bond motifs is 2. The van der Waals surface area contributed by atoms with Crippen molar-refractivity contribution in [3.05, 3.63) is 52.6 Å². The third kappa shape index (κ3) is 3.43. The van der Waals surface area contributed by atoms with Gasteiger partial charge in [-0.05, 0) is 42.5 Å². The molecule has 0 saturated carbocycles. The van der Waals surface area contributed by atoms with Crippen molar-refractivity contribution in [3.8, 4) is 5.75 Å². The molecule has 8 heteroatoms. The Labute approximate surface area is 178 Å². The van der Waals surface area contributed by atoms with E-state index >= 15 is 0 Å². The molecule has 0 bridgehead atoms. The van der Waals surface area contributed by atoms with E-state index in [1.165, 1.54) is 0 Å². The molecule has 1 fully saturated rings. The summed E-state index contributed by atoms with van der Waals surface area (Å²) >= 11 is 0. The molecule has 2 unspecified atom stereocenters. The summed E-state index contributed by atoms with van der Waals surface area (Å²) in [6.07, 6.45) is 1.21. The number of aryl methyl sites for hydroxylation is 1. The number of anilines is 1. The Balaban J connectivity index is 1.30. The normalized spacial score (nSPS) is 20.7. The molecule has 2 heterocycles. The van der Waals surface area contributed by atoms with Crippen LogP contribution in [0.2, 0.25) is 0 Å². The van der Waals surface area contributed by atoms with Crippen LogP contribution in [0.3, 0.4) is 0 Å². The van der Waals surface area contributed by atoms with E-state index in [1.807, 2.05) is 31.2 Å². The molecule has 0 radical (unpaired) electrons. The molecule has 1 aliphatic heterocycles. The average Bonchev–Trinajstić information content (AvgIpc) is 3.27. The van der Waals surface area contributed by atoms with Crippen molar-refractivity contribution in [3.63, 3.8) is 0 Å². The third-order valence-electron chi connectivity index (χ3n) is 6.24. The van der Waals surface area contributed by atoms with Gasteiger partial charge in [-0.15, -0.1) is 0 Å². The summed E-state index contributed by atoms with van der Waals surface area (Å²) in [5, 5.41) is 15.4. The predicted molar refractivity (Wildman–Crippen MR) is 114 cm³/mol. The molecule has 31 heavy (non-hydrogen) atoms. The number of piperidine rings is 1. The Morgan fingerprint density at radius 1 is 1.16 bits per heavy atom. The highest BCUT2D eigenvalue weighted by atomic mass is 16.3. The number of imide groups is 1. The number of aromatic amines is 1. The number of benzene rings is 2. The molecule has 4 N–H and O–H groups in total. The van der Waals surface area contributed by atoms with Gasteiger partial charge in [0.05, 0.1) is 11.0 Å². The molecule has 2 amide bonds. The molecule has 3 aromatic rings. The lowest BCUT2D eigenvalue weighted by atomic mass is 9.83. The minimum Gasteiger partial charge on any atom is -0.508 e. The maximum absolute atomic E-state index is 12.9. The van der Waals surface area contributed by atoms with Crippen molar-refractivity contribution >= 4 is 34.6 Å². The standard InChI is InChI=1S/C23H22N4O4/c1-11-6-17-18(9-19(11)28)26-23(25-17)24-10-12-2-3-14-13(7-12)8-16(21(14)30)15-4-5-20(29)27-22(15)31/h2-3,6-7,9,15-16,28H,4-5,8,10H2,1H3,(H2,24,25,26)(H,27,29,31).